The molecule has 23 heavy (non-hydrogen) atoms. The van der Waals surface area contributed by atoms with E-state index in [2.05, 4.69) is 18.2 Å². The van der Waals surface area contributed by atoms with E-state index in [4.69, 9.17) is 9.47 Å². The molecule has 0 fully saturated rings. The Hall–Kier alpha value is -2.34. The average molecular weight is 331 g/mol. The van der Waals surface area contributed by atoms with Gasteiger partial charge >= 0.3 is 12.1 Å². The van der Waals surface area contributed by atoms with Crippen molar-refractivity contribution in [3.05, 3.63) is 40.8 Å². The molecule has 1 aromatic heterocycles. The minimum absolute atomic E-state index is 0.211. The third-order valence-electron chi connectivity index (χ3n) is 3.93. The van der Waals surface area contributed by atoms with Gasteiger partial charge in [-0.15, -0.1) is 11.3 Å². The molecule has 6 heteroatoms. The first-order valence-corrected chi connectivity index (χ1v) is 8.08. The van der Waals surface area contributed by atoms with Crippen LogP contribution in [0.5, 0.6) is 0 Å². The number of benzene rings is 1. The lowest BCUT2D eigenvalue weighted by Crippen LogP contribution is -2.38. The van der Waals surface area contributed by atoms with Crippen LogP contribution in [0.4, 0.5) is 4.79 Å². The van der Waals surface area contributed by atoms with Crippen LogP contribution in [0.15, 0.2) is 35.9 Å². The number of rotatable bonds is 2. The number of amides is 1. The molecular formula is C17H17NO4S. The maximum atomic E-state index is 12.2. The molecule has 3 rings (SSSR count). The first-order chi connectivity index (χ1) is 11.1. The van der Waals surface area contributed by atoms with Crippen LogP contribution in [0.1, 0.15) is 11.3 Å². The molecule has 0 saturated heterocycles. The highest BCUT2D eigenvalue weighted by Crippen LogP contribution is 2.36. The maximum Gasteiger partial charge on any atom is 0.409 e. The van der Waals surface area contributed by atoms with E-state index in [0.29, 0.717) is 18.5 Å². The van der Waals surface area contributed by atoms with Gasteiger partial charge < -0.3 is 14.4 Å². The fraction of sp³-hybridized carbons (Fsp3) is 0.294. The molecule has 0 bridgehead atoms. The lowest BCUT2D eigenvalue weighted by Gasteiger charge is -2.28. The van der Waals surface area contributed by atoms with Gasteiger partial charge in [0, 0.05) is 16.1 Å². The molecule has 0 aliphatic carbocycles. The molecule has 1 aromatic carbocycles. The number of esters is 1. The van der Waals surface area contributed by atoms with E-state index < -0.39 is 12.1 Å². The molecule has 0 radical (unpaired) electrons. The summed E-state index contributed by atoms with van der Waals surface area (Å²) in [5, 5.41) is 1.15. The first-order valence-electron chi connectivity index (χ1n) is 7.26. The zero-order valence-corrected chi connectivity index (χ0v) is 13.8. The number of hydrogen-bond acceptors (Lipinski definition) is 5. The average Bonchev–Trinajstić information content (AvgIpc) is 3.03. The number of carbonyl (C=O) groups is 2. The smallest absolute Gasteiger partial charge is 0.409 e. The number of nitrogens with zero attached hydrogens (tertiary/aromatic N) is 1. The highest BCUT2D eigenvalue weighted by Gasteiger charge is 2.29. The lowest BCUT2D eigenvalue weighted by molar-refractivity contribution is -0.136. The molecular weight excluding hydrogens is 314 g/mol. The molecule has 5 nitrogen and oxygen atoms in total. The van der Waals surface area contributed by atoms with Crippen molar-refractivity contribution in [1.29, 1.82) is 0 Å². The molecule has 0 atom stereocenters. The van der Waals surface area contributed by atoms with E-state index in [1.54, 1.807) is 11.3 Å². The van der Waals surface area contributed by atoms with E-state index in [1.165, 1.54) is 23.8 Å². The van der Waals surface area contributed by atoms with Crippen LogP contribution >= 0.6 is 11.3 Å². The molecule has 2 aromatic rings. The second-order valence-corrected chi connectivity index (χ2v) is 6.32. The minimum atomic E-state index is -0.429. The summed E-state index contributed by atoms with van der Waals surface area (Å²) in [6, 6.07) is 10.2. The Morgan fingerprint density at radius 3 is 2.65 bits per heavy atom. The van der Waals surface area contributed by atoms with Crippen LogP contribution in [-0.4, -0.2) is 44.3 Å². The van der Waals surface area contributed by atoms with Crippen molar-refractivity contribution >= 4 is 39.1 Å². The zero-order chi connectivity index (χ0) is 16.4. The molecule has 0 saturated carbocycles. The van der Waals surface area contributed by atoms with Gasteiger partial charge in [-0.2, -0.15) is 0 Å². The second kappa shape index (κ2) is 6.42. The van der Waals surface area contributed by atoms with Gasteiger partial charge in [0.1, 0.15) is 0 Å². The van der Waals surface area contributed by atoms with Gasteiger partial charge in [-0.05, 0) is 29.5 Å². The van der Waals surface area contributed by atoms with Gasteiger partial charge in [-0.1, -0.05) is 18.2 Å². The highest BCUT2D eigenvalue weighted by atomic mass is 32.1. The zero-order valence-electron chi connectivity index (χ0n) is 13.0. The van der Waals surface area contributed by atoms with Crippen LogP contribution in [0.2, 0.25) is 0 Å². The number of fused-ring (bicyclic) bond motifs is 1. The lowest BCUT2D eigenvalue weighted by atomic mass is 9.98. The van der Waals surface area contributed by atoms with E-state index in [0.717, 1.165) is 15.8 Å². The minimum Gasteiger partial charge on any atom is -0.466 e. The molecule has 2 heterocycles. The van der Waals surface area contributed by atoms with Gasteiger partial charge in [-0.3, -0.25) is 0 Å². The summed E-state index contributed by atoms with van der Waals surface area (Å²) in [6.07, 6.45) is 0.175. The summed E-state index contributed by atoms with van der Waals surface area (Å²) in [6.45, 7) is 0.736. The van der Waals surface area contributed by atoms with Crippen molar-refractivity contribution < 1.29 is 19.1 Å². The molecule has 0 N–H and O–H groups in total. The van der Waals surface area contributed by atoms with Crippen molar-refractivity contribution in [3.8, 4) is 0 Å². The SMILES string of the molecule is COC(=O)C1=C(c2cc3ccccc3s2)CCN(C(=O)OC)C1. The van der Waals surface area contributed by atoms with Crippen molar-refractivity contribution in [1.82, 2.24) is 4.90 Å². The Bertz CT molecular complexity index is 760. The molecule has 0 spiro atoms. The van der Waals surface area contributed by atoms with E-state index in [9.17, 15) is 9.59 Å². The monoisotopic (exact) mass is 331 g/mol. The van der Waals surface area contributed by atoms with Crippen molar-refractivity contribution in [2.24, 2.45) is 0 Å². The summed E-state index contributed by atoms with van der Waals surface area (Å²) in [5.74, 6) is -0.397. The fourth-order valence-electron chi connectivity index (χ4n) is 2.76. The number of hydrogen-bond donors (Lipinski definition) is 0. The normalized spacial score (nSPS) is 15.0. The van der Waals surface area contributed by atoms with Crippen LogP contribution in [0.3, 0.4) is 0 Å². The number of carbonyl (C=O) groups excluding carboxylic acids is 2. The standard InChI is InChI=1S/C17H17NO4S/c1-21-16(19)13-10-18(17(20)22-2)8-7-12(13)15-9-11-5-3-4-6-14(11)23-15/h3-6,9H,7-8,10H2,1-2H3. The van der Waals surface area contributed by atoms with Crippen LogP contribution in [0.25, 0.3) is 15.7 Å². The summed E-state index contributed by atoms with van der Waals surface area (Å²) in [7, 11) is 2.69. The molecule has 0 unspecified atom stereocenters. The Kier molecular flexibility index (Phi) is 4.34. The highest BCUT2D eigenvalue weighted by molar-refractivity contribution is 7.20. The molecule has 1 aliphatic rings. The number of methoxy groups -OCH3 is 2. The summed E-state index contributed by atoms with van der Waals surface area (Å²) in [5.41, 5.74) is 1.48. The Morgan fingerprint density at radius 2 is 1.96 bits per heavy atom. The maximum absolute atomic E-state index is 12.2. The fourth-order valence-corrected chi connectivity index (χ4v) is 3.92. The van der Waals surface area contributed by atoms with Crippen LogP contribution in [0, 0.1) is 0 Å². The van der Waals surface area contributed by atoms with Crippen molar-refractivity contribution in [2.45, 2.75) is 6.42 Å². The summed E-state index contributed by atoms with van der Waals surface area (Å²) in [4.78, 5) is 26.5. The Balaban J connectivity index is 2.03. The van der Waals surface area contributed by atoms with Crippen molar-refractivity contribution in [2.75, 3.05) is 27.3 Å². The van der Waals surface area contributed by atoms with Gasteiger partial charge in [0.05, 0.1) is 26.3 Å². The van der Waals surface area contributed by atoms with Crippen LogP contribution < -0.4 is 0 Å². The summed E-state index contributed by atoms with van der Waals surface area (Å²) < 4.78 is 10.8. The second-order valence-electron chi connectivity index (χ2n) is 5.24. The van der Waals surface area contributed by atoms with Crippen LogP contribution in [-0.2, 0) is 14.3 Å². The summed E-state index contributed by atoms with van der Waals surface area (Å²) >= 11 is 1.65. The van der Waals surface area contributed by atoms with E-state index in [-0.39, 0.29) is 6.54 Å². The van der Waals surface area contributed by atoms with E-state index >= 15 is 0 Å². The third-order valence-corrected chi connectivity index (χ3v) is 5.11. The predicted octanol–water partition coefficient (Wildman–Crippen LogP) is 3.30. The van der Waals surface area contributed by atoms with E-state index in [1.807, 2.05) is 12.1 Å². The van der Waals surface area contributed by atoms with Crippen molar-refractivity contribution in [3.63, 3.8) is 0 Å². The number of thiophene rings is 1. The van der Waals surface area contributed by atoms with Gasteiger partial charge in [0.25, 0.3) is 0 Å². The third kappa shape index (κ3) is 2.94. The number of ether oxygens (including phenoxy) is 2. The molecule has 120 valence electrons. The topological polar surface area (TPSA) is 55.8 Å². The molecule has 1 aliphatic heterocycles. The first kappa shape index (κ1) is 15.6. The Labute approximate surface area is 138 Å². The van der Waals surface area contributed by atoms with Gasteiger partial charge in [0.15, 0.2) is 0 Å². The Morgan fingerprint density at radius 1 is 1.17 bits per heavy atom. The quantitative estimate of drug-likeness (QED) is 0.792. The molecule has 1 amide bonds. The largest absolute Gasteiger partial charge is 0.466 e. The van der Waals surface area contributed by atoms with Gasteiger partial charge in [0.2, 0.25) is 0 Å². The predicted molar refractivity (Wildman–Crippen MR) is 89.4 cm³/mol. The van der Waals surface area contributed by atoms with Gasteiger partial charge in [-0.25, -0.2) is 9.59 Å².